The van der Waals surface area contributed by atoms with E-state index in [0.717, 1.165) is 12.1 Å². The van der Waals surface area contributed by atoms with Crippen LogP contribution in [-0.4, -0.2) is 28.5 Å². The van der Waals surface area contributed by atoms with Crippen LogP contribution in [0.15, 0.2) is 18.2 Å². The molecule has 1 aromatic carbocycles. The predicted octanol–water partition coefficient (Wildman–Crippen LogP) is 1.58. The van der Waals surface area contributed by atoms with Crippen LogP contribution in [-0.2, 0) is 14.3 Å². The molecule has 0 unspecified atom stereocenters. The zero-order chi connectivity index (χ0) is 15.1. The van der Waals surface area contributed by atoms with E-state index in [9.17, 15) is 24.8 Å². The third-order valence-electron chi connectivity index (χ3n) is 2.33. The molecule has 0 fully saturated rings. The number of amides is 1. The quantitative estimate of drug-likeness (QED) is 0.354. The number of benzene rings is 1. The van der Waals surface area contributed by atoms with Crippen molar-refractivity contribution in [2.75, 3.05) is 11.9 Å². The molecular weight excluding hydrogens is 268 g/mol. The van der Waals surface area contributed by atoms with E-state index in [1.807, 2.05) is 0 Å². The number of non-ortho nitro benzene ring substituents is 1. The van der Waals surface area contributed by atoms with Gasteiger partial charge in [-0.15, -0.1) is 0 Å². The number of ether oxygens (including phenoxy) is 1. The molecule has 0 atom stereocenters. The Morgan fingerprint density at radius 2 is 2.10 bits per heavy atom. The number of carbonyl (C=O) groups is 2. The molecule has 8 heteroatoms. The van der Waals surface area contributed by atoms with Crippen molar-refractivity contribution in [2.45, 2.75) is 19.8 Å². The van der Waals surface area contributed by atoms with Crippen molar-refractivity contribution in [3.05, 3.63) is 28.3 Å². The summed E-state index contributed by atoms with van der Waals surface area (Å²) in [6.07, 6.45) is -0.178. The first-order valence-electron chi connectivity index (χ1n) is 5.87. The summed E-state index contributed by atoms with van der Waals surface area (Å²) in [5, 5.41) is 22.4. The number of anilines is 1. The average molecular weight is 282 g/mol. The lowest BCUT2D eigenvalue weighted by molar-refractivity contribution is -0.384. The molecule has 108 valence electrons. The molecule has 0 heterocycles. The van der Waals surface area contributed by atoms with Crippen LogP contribution < -0.4 is 5.32 Å². The minimum absolute atomic E-state index is 0.0458. The Kier molecular flexibility index (Phi) is 5.45. The fourth-order valence-electron chi connectivity index (χ4n) is 1.40. The molecule has 20 heavy (non-hydrogen) atoms. The van der Waals surface area contributed by atoms with Crippen LogP contribution in [0.3, 0.4) is 0 Å². The maximum Gasteiger partial charge on any atom is 0.306 e. The van der Waals surface area contributed by atoms with E-state index < -0.39 is 22.5 Å². The molecular formula is C12H14N2O6. The highest BCUT2D eigenvalue weighted by molar-refractivity contribution is 5.94. The molecule has 0 radical (unpaired) electrons. The van der Waals surface area contributed by atoms with Crippen molar-refractivity contribution in [2.24, 2.45) is 0 Å². The second-order valence-corrected chi connectivity index (χ2v) is 3.81. The normalized spacial score (nSPS) is 9.85. The molecule has 0 aromatic heterocycles. The zero-order valence-corrected chi connectivity index (χ0v) is 10.8. The number of nitro benzene ring substituents is 1. The van der Waals surface area contributed by atoms with E-state index >= 15 is 0 Å². The van der Waals surface area contributed by atoms with Gasteiger partial charge in [-0.1, -0.05) is 0 Å². The number of nitrogens with zero attached hydrogens (tertiary/aromatic N) is 1. The van der Waals surface area contributed by atoms with Gasteiger partial charge in [-0.25, -0.2) is 0 Å². The molecule has 8 nitrogen and oxygen atoms in total. The van der Waals surface area contributed by atoms with Gasteiger partial charge in [-0.3, -0.25) is 19.7 Å². The van der Waals surface area contributed by atoms with Gasteiger partial charge in [0, 0.05) is 12.5 Å². The van der Waals surface area contributed by atoms with Gasteiger partial charge in [-0.2, -0.15) is 0 Å². The lowest BCUT2D eigenvalue weighted by Crippen LogP contribution is -2.14. The summed E-state index contributed by atoms with van der Waals surface area (Å²) in [6.45, 7) is 1.90. The second-order valence-electron chi connectivity index (χ2n) is 3.81. The molecule has 0 aliphatic heterocycles. The van der Waals surface area contributed by atoms with Crippen molar-refractivity contribution in [3.63, 3.8) is 0 Å². The first-order valence-corrected chi connectivity index (χ1v) is 5.87. The topological polar surface area (TPSA) is 119 Å². The highest BCUT2D eigenvalue weighted by Crippen LogP contribution is 2.27. The summed E-state index contributed by atoms with van der Waals surface area (Å²) in [4.78, 5) is 32.4. The van der Waals surface area contributed by atoms with Crippen LogP contribution in [0.4, 0.5) is 11.4 Å². The van der Waals surface area contributed by atoms with E-state index in [4.69, 9.17) is 0 Å². The SMILES string of the molecule is CCOC(=O)CCC(=O)Nc1ccc([N+](=O)[O-])cc1O. The number of hydrogen-bond acceptors (Lipinski definition) is 6. The summed E-state index contributed by atoms with van der Waals surface area (Å²) in [5.41, 5.74) is -0.239. The van der Waals surface area contributed by atoms with Crippen LogP contribution >= 0.6 is 0 Å². The Labute approximate surface area is 114 Å². The van der Waals surface area contributed by atoms with Crippen molar-refractivity contribution >= 4 is 23.3 Å². The number of hydrogen-bond donors (Lipinski definition) is 2. The van der Waals surface area contributed by atoms with Crippen molar-refractivity contribution in [1.82, 2.24) is 0 Å². The minimum atomic E-state index is -0.661. The van der Waals surface area contributed by atoms with Crippen LogP contribution in [0.2, 0.25) is 0 Å². The molecule has 0 spiro atoms. The van der Waals surface area contributed by atoms with E-state index in [1.165, 1.54) is 6.07 Å². The first-order chi connectivity index (χ1) is 9.43. The van der Waals surface area contributed by atoms with Crippen LogP contribution in [0.5, 0.6) is 5.75 Å². The van der Waals surface area contributed by atoms with Gasteiger partial charge in [0.1, 0.15) is 5.75 Å². The fraction of sp³-hybridized carbons (Fsp3) is 0.333. The van der Waals surface area contributed by atoms with E-state index in [0.29, 0.717) is 0 Å². The highest BCUT2D eigenvalue weighted by Gasteiger charge is 2.13. The standard InChI is InChI=1S/C12H14N2O6/c1-2-20-12(17)6-5-11(16)13-9-4-3-8(14(18)19)7-10(9)15/h3-4,7,15H,2,5-6H2,1H3,(H,13,16). The lowest BCUT2D eigenvalue weighted by atomic mass is 10.2. The van der Waals surface area contributed by atoms with Gasteiger partial charge in [0.2, 0.25) is 5.91 Å². The maximum absolute atomic E-state index is 11.5. The highest BCUT2D eigenvalue weighted by atomic mass is 16.6. The molecule has 0 bridgehead atoms. The fourth-order valence-corrected chi connectivity index (χ4v) is 1.40. The third kappa shape index (κ3) is 4.56. The summed E-state index contributed by atoms with van der Waals surface area (Å²) >= 11 is 0. The Morgan fingerprint density at radius 1 is 1.40 bits per heavy atom. The van der Waals surface area contributed by atoms with Gasteiger partial charge in [0.05, 0.1) is 29.7 Å². The summed E-state index contributed by atoms with van der Waals surface area (Å²) in [5.74, 6) is -1.40. The molecule has 0 aliphatic carbocycles. The molecule has 0 aliphatic rings. The maximum atomic E-state index is 11.5. The number of carbonyl (C=O) groups excluding carboxylic acids is 2. The summed E-state index contributed by atoms with van der Waals surface area (Å²) < 4.78 is 4.67. The van der Waals surface area contributed by atoms with E-state index in [-0.39, 0.29) is 30.8 Å². The monoisotopic (exact) mass is 282 g/mol. The summed E-state index contributed by atoms with van der Waals surface area (Å²) in [6, 6.07) is 3.30. The Bertz CT molecular complexity index is 529. The predicted molar refractivity (Wildman–Crippen MR) is 69.3 cm³/mol. The molecule has 1 aromatic rings. The third-order valence-corrected chi connectivity index (χ3v) is 2.33. The van der Waals surface area contributed by atoms with Crippen molar-refractivity contribution in [1.29, 1.82) is 0 Å². The zero-order valence-electron chi connectivity index (χ0n) is 10.8. The van der Waals surface area contributed by atoms with Gasteiger partial charge in [-0.05, 0) is 13.0 Å². The van der Waals surface area contributed by atoms with Crippen molar-refractivity contribution in [3.8, 4) is 5.75 Å². The number of phenolic OH excluding ortho intramolecular Hbond substituents is 1. The van der Waals surface area contributed by atoms with Crippen LogP contribution in [0.1, 0.15) is 19.8 Å². The number of nitrogens with one attached hydrogen (secondary N) is 1. The second kappa shape index (κ2) is 7.07. The Hall–Kier alpha value is -2.64. The van der Waals surface area contributed by atoms with Crippen LogP contribution in [0, 0.1) is 10.1 Å². The van der Waals surface area contributed by atoms with E-state index in [2.05, 4.69) is 10.1 Å². The first kappa shape index (κ1) is 15.4. The number of esters is 1. The van der Waals surface area contributed by atoms with Gasteiger partial charge in [0.25, 0.3) is 5.69 Å². The number of nitro groups is 1. The summed E-state index contributed by atoms with van der Waals surface area (Å²) in [7, 11) is 0. The number of rotatable bonds is 6. The van der Waals surface area contributed by atoms with Gasteiger partial charge < -0.3 is 15.2 Å². The van der Waals surface area contributed by atoms with Crippen molar-refractivity contribution < 1.29 is 24.4 Å². The number of phenols is 1. The van der Waals surface area contributed by atoms with Gasteiger partial charge >= 0.3 is 5.97 Å². The Balaban J connectivity index is 2.58. The average Bonchev–Trinajstić information content (AvgIpc) is 2.39. The molecule has 1 amide bonds. The molecule has 2 N–H and O–H groups in total. The lowest BCUT2D eigenvalue weighted by Gasteiger charge is -2.07. The van der Waals surface area contributed by atoms with Gasteiger partial charge in [0.15, 0.2) is 0 Å². The smallest absolute Gasteiger partial charge is 0.306 e. The van der Waals surface area contributed by atoms with E-state index in [1.54, 1.807) is 6.92 Å². The largest absolute Gasteiger partial charge is 0.506 e. The Morgan fingerprint density at radius 3 is 2.65 bits per heavy atom. The molecule has 0 saturated heterocycles. The van der Waals surface area contributed by atoms with Crippen LogP contribution in [0.25, 0.3) is 0 Å². The molecule has 0 saturated carbocycles. The molecule has 1 rings (SSSR count). The number of aromatic hydroxyl groups is 1. The minimum Gasteiger partial charge on any atom is -0.506 e.